The van der Waals surface area contributed by atoms with Gasteiger partial charge in [-0.2, -0.15) is 0 Å². The van der Waals surface area contributed by atoms with Crippen molar-refractivity contribution in [2.75, 3.05) is 39.7 Å². The van der Waals surface area contributed by atoms with Crippen LogP contribution in [0.1, 0.15) is 17.3 Å². The Morgan fingerprint density at radius 2 is 2.10 bits per heavy atom. The molecule has 0 fully saturated rings. The summed E-state index contributed by atoms with van der Waals surface area (Å²) in [5, 5.41) is 0. The average Bonchev–Trinajstić information content (AvgIpc) is 2.42. The van der Waals surface area contributed by atoms with Crippen molar-refractivity contribution in [1.82, 2.24) is 4.90 Å². The predicted molar refractivity (Wildman–Crippen MR) is 75.1 cm³/mol. The van der Waals surface area contributed by atoms with Gasteiger partial charge in [0.25, 0.3) is 5.91 Å². The molecule has 1 aromatic carbocycles. The molecular weight excluding hydrogens is 263 g/mol. The first-order valence-corrected chi connectivity index (χ1v) is 6.35. The van der Waals surface area contributed by atoms with Gasteiger partial charge in [-0.25, -0.2) is 4.39 Å². The van der Waals surface area contributed by atoms with Crippen LogP contribution in [0.2, 0.25) is 0 Å². The number of carbonyl (C=O) groups excluding carboxylic acids is 1. The molecule has 0 radical (unpaired) electrons. The zero-order valence-electron chi connectivity index (χ0n) is 12.1. The van der Waals surface area contributed by atoms with E-state index in [1.807, 2.05) is 6.92 Å². The fraction of sp³-hybridized carbons (Fsp3) is 0.500. The number of nitrogens with zero attached hydrogens (tertiary/aromatic N) is 1. The SMILES string of the molecule is COCCN(C(=O)c1cc(N)ccc1F)C(C)COC. The highest BCUT2D eigenvalue weighted by atomic mass is 19.1. The number of rotatable bonds is 7. The molecule has 0 aliphatic heterocycles. The second-order valence-electron chi connectivity index (χ2n) is 4.53. The topological polar surface area (TPSA) is 64.8 Å². The third kappa shape index (κ3) is 4.18. The number of carbonyl (C=O) groups is 1. The molecule has 0 aromatic heterocycles. The van der Waals surface area contributed by atoms with Gasteiger partial charge in [0.2, 0.25) is 0 Å². The van der Waals surface area contributed by atoms with E-state index in [-0.39, 0.29) is 11.6 Å². The number of nitrogen functional groups attached to an aromatic ring is 1. The van der Waals surface area contributed by atoms with Crippen LogP contribution in [0, 0.1) is 5.82 Å². The van der Waals surface area contributed by atoms with Crippen molar-refractivity contribution in [3.63, 3.8) is 0 Å². The molecule has 0 spiro atoms. The number of hydrogen-bond donors (Lipinski definition) is 1. The van der Waals surface area contributed by atoms with Crippen LogP contribution in [0.15, 0.2) is 18.2 Å². The Hall–Kier alpha value is -1.66. The van der Waals surface area contributed by atoms with Gasteiger partial charge in [0.05, 0.1) is 24.8 Å². The summed E-state index contributed by atoms with van der Waals surface area (Å²) >= 11 is 0. The highest BCUT2D eigenvalue weighted by molar-refractivity contribution is 5.95. The zero-order chi connectivity index (χ0) is 15.1. The van der Waals surface area contributed by atoms with Crippen LogP contribution in [0.25, 0.3) is 0 Å². The van der Waals surface area contributed by atoms with Crippen LogP contribution in [0.5, 0.6) is 0 Å². The third-order valence-electron chi connectivity index (χ3n) is 2.96. The van der Waals surface area contributed by atoms with Crippen molar-refractivity contribution in [2.45, 2.75) is 13.0 Å². The number of methoxy groups -OCH3 is 2. The quantitative estimate of drug-likeness (QED) is 0.771. The Labute approximate surface area is 118 Å². The minimum absolute atomic E-state index is 0.0379. The maximum absolute atomic E-state index is 13.8. The minimum Gasteiger partial charge on any atom is -0.399 e. The number of hydrogen-bond acceptors (Lipinski definition) is 4. The number of anilines is 1. The van der Waals surface area contributed by atoms with Crippen LogP contribution in [-0.2, 0) is 9.47 Å². The second kappa shape index (κ2) is 7.81. The zero-order valence-corrected chi connectivity index (χ0v) is 12.1. The first-order chi connectivity index (χ1) is 9.51. The van der Waals surface area contributed by atoms with E-state index in [0.717, 1.165) is 0 Å². The number of nitrogens with two attached hydrogens (primary N) is 1. The van der Waals surface area contributed by atoms with Crippen LogP contribution in [0.3, 0.4) is 0 Å². The van der Waals surface area contributed by atoms with Crippen LogP contribution in [0.4, 0.5) is 10.1 Å². The van der Waals surface area contributed by atoms with Gasteiger partial charge >= 0.3 is 0 Å². The third-order valence-corrected chi connectivity index (χ3v) is 2.96. The Bertz CT molecular complexity index is 454. The molecule has 0 saturated carbocycles. The lowest BCUT2D eigenvalue weighted by Gasteiger charge is -2.29. The number of ether oxygens (including phenoxy) is 2. The first-order valence-electron chi connectivity index (χ1n) is 6.35. The summed E-state index contributed by atoms with van der Waals surface area (Å²) in [5.74, 6) is -1.01. The van der Waals surface area contributed by atoms with E-state index in [1.165, 1.54) is 23.1 Å². The van der Waals surface area contributed by atoms with E-state index in [0.29, 0.717) is 25.4 Å². The molecule has 0 aliphatic carbocycles. The van der Waals surface area contributed by atoms with Gasteiger partial charge in [0.1, 0.15) is 5.82 Å². The summed E-state index contributed by atoms with van der Waals surface area (Å²) in [7, 11) is 3.10. The molecule has 1 rings (SSSR count). The lowest BCUT2D eigenvalue weighted by Crippen LogP contribution is -2.43. The molecule has 0 heterocycles. The maximum Gasteiger partial charge on any atom is 0.257 e. The molecule has 0 bridgehead atoms. The summed E-state index contributed by atoms with van der Waals surface area (Å²) < 4.78 is 23.8. The number of amides is 1. The van der Waals surface area contributed by atoms with E-state index in [1.54, 1.807) is 14.2 Å². The molecule has 112 valence electrons. The predicted octanol–water partition coefficient (Wildman–Crippen LogP) is 1.53. The normalized spacial score (nSPS) is 12.2. The molecule has 2 N–H and O–H groups in total. The van der Waals surface area contributed by atoms with E-state index in [2.05, 4.69) is 0 Å². The molecule has 20 heavy (non-hydrogen) atoms. The van der Waals surface area contributed by atoms with Gasteiger partial charge in [-0.05, 0) is 25.1 Å². The van der Waals surface area contributed by atoms with Crippen LogP contribution < -0.4 is 5.73 Å². The summed E-state index contributed by atoms with van der Waals surface area (Å²) in [5.41, 5.74) is 5.92. The molecule has 1 amide bonds. The Morgan fingerprint density at radius 3 is 2.70 bits per heavy atom. The van der Waals surface area contributed by atoms with Crippen LogP contribution >= 0.6 is 0 Å². The first kappa shape index (κ1) is 16.4. The van der Waals surface area contributed by atoms with Gasteiger partial charge in [-0.3, -0.25) is 4.79 Å². The smallest absolute Gasteiger partial charge is 0.257 e. The lowest BCUT2D eigenvalue weighted by atomic mass is 10.1. The van der Waals surface area contributed by atoms with Gasteiger partial charge in [0, 0.05) is 26.5 Å². The number of halogens is 1. The summed E-state index contributed by atoms with van der Waals surface area (Å²) in [4.78, 5) is 14.0. The van der Waals surface area contributed by atoms with Gasteiger partial charge in [-0.1, -0.05) is 0 Å². The van der Waals surface area contributed by atoms with Crippen molar-refractivity contribution >= 4 is 11.6 Å². The fourth-order valence-electron chi connectivity index (χ4n) is 1.90. The van der Waals surface area contributed by atoms with E-state index in [9.17, 15) is 9.18 Å². The Morgan fingerprint density at radius 1 is 1.40 bits per heavy atom. The maximum atomic E-state index is 13.8. The summed E-state index contributed by atoms with van der Waals surface area (Å²) in [6.45, 7) is 2.92. The van der Waals surface area contributed by atoms with E-state index in [4.69, 9.17) is 15.2 Å². The molecule has 6 heteroatoms. The standard InChI is InChI=1S/C14H21FN2O3/c1-10(9-20-3)17(6-7-19-2)14(18)12-8-11(16)4-5-13(12)15/h4-5,8,10H,6-7,9,16H2,1-3H3. The minimum atomic E-state index is -0.587. The Balaban J connectivity index is 2.99. The lowest BCUT2D eigenvalue weighted by molar-refractivity contribution is 0.0475. The molecule has 1 atom stereocenters. The van der Waals surface area contributed by atoms with Crippen molar-refractivity contribution < 1.29 is 18.7 Å². The highest BCUT2D eigenvalue weighted by Gasteiger charge is 2.23. The molecule has 1 unspecified atom stereocenters. The molecule has 0 aliphatic rings. The van der Waals surface area contributed by atoms with Crippen molar-refractivity contribution in [3.8, 4) is 0 Å². The monoisotopic (exact) mass is 284 g/mol. The van der Waals surface area contributed by atoms with Crippen LogP contribution in [-0.4, -0.2) is 50.8 Å². The average molecular weight is 284 g/mol. The number of benzene rings is 1. The summed E-state index contributed by atoms with van der Waals surface area (Å²) in [6.07, 6.45) is 0. The Kier molecular flexibility index (Phi) is 6.41. The largest absolute Gasteiger partial charge is 0.399 e. The molecule has 5 nitrogen and oxygen atoms in total. The van der Waals surface area contributed by atoms with Gasteiger partial charge in [0.15, 0.2) is 0 Å². The molecule has 0 saturated heterocycles. The van der Waals surface area contributed by atoms with Gasteiger partial charge < -0.3 is 20.1 Å². The van der Waals surface area contributed by atoms with E-state index < -0.39 is 11.7 Å². The molecule has 1 aromatic rings. The van der Waals surface area contributed by atoms with Gasteiger partial charge in [-0.15, -0.1) is 0 Å². The molecular formula is C14H21FN2O3. The summed E-state index contributed by atoms with van der Waals surface area (Å²) in [6, 6.07) is 3.77. The second-order valence-corrected chi connectivity index (χ2v) is 4.53. The fourth-order valence-corrected chi connectivity index (χ4v) is 1.90. The van der Waals surface area contributed by atoms with Crippen molar-refractivity contribution in [1.29, 1.82) is 0 Å². The van der Waals surface area contributed by atoms with E-state index >= 15 is 0 Å². The van der Waals surface area contributed by atoms with Crippen molar-refractivity contribution in [3.05, 3.63) is 29.6 Å². The highest BCUT2D eigenvalue weighted by Crippen LogP contribution is 2.16. The van der Waals surface area contributed by atoms with Crippen molar-refractivity contribution in [2.24, 2.45) is 0 Å².